The van der Waals surface area contributed by atoms with Gasteiger partial charge in [0.2, 0.25) is 0 Å². The number of hydrogen-bond acceptors (Lipinski definition) is 8. The lowest BCUT2D eigenvalue weighted by Crippen LogP contribution is -2.40. The molecule has 0 spiro atoms. The molecule has 1 heterocycles. The lowest BCUT2D eigenvalue weighted by molar-refractivity contribution is -0.149. The molecule has 9 nitrogen and oxygen atoms in total. The highest BCUT2D eigenvalue weighted by molar-refractivity contribution is 7.52. The number of benzene rings is 2. The number of hydrogen-bond donors (Lipinski definition) is 2. The van der Waals surface area contributed by atoms with E-state index in [1.54, 1.807) is 51.1 Å². The minimum atomic E-state index is -4.19. The van der Waals surface area contributed by atoms with Crippen LogP contribution in [0.1, 0.15) is 26.3 Å². The first-order valence-electron chi connectivity index (χ1n) is 11.6. The van der Waals surface area contributed by atoms with Crippen molar-refractivity contribution in [1.29, 1.82) is 0 Å². The molecule has 2 N–H and O–H groups in total. The van der Waals surface area contributed by atoms with Gasteiger partial charge in [0.1, 0.15) is 23.8 Å². The summed E-state index contributed by atoms with van der Waals surface area (Å²) in [4.78, 5) is 28.8. The van der Waals surface area contributed by atoms with Crippen LogP contribution in [0.3, 0.4) is 0 Å². The van der Waals surface area contributed by atoms with Crippen molar-refractivity contribution in [3.05, 3.63) is 77.6 Å². The predicted molar refractivity (Wildman–Crippen MR) is 136 cm³/mol. The number of para-hydroxylation sites is 1. The maximum absolute atomic E-state index is 14.0. The molecule has 3 rings (SSSR count). The Hall–Kier alpha value is -3.26. The fourth-order valence-corrected chi connectivity index (χ4v) is 5.09. The van der Waals surface area contributed by atoms with Gasteiger partial charge in [0.05, 0.1) is 18.4 Å². The summed E-state index contributed by atoms with van der Waals surface area (Å²) in [6.07, 6.45) is 0.320. The van der Waals surface area contributed by atoms with Crippen molar-refractivity contribution in [1.82, 2.24) is 5.09 Å². The third-order valence-corrected chi connectivity index (χ3v) is 6.95. The molecule has 0 bridgehead atoms. The van der Waals surface area contributed by atoms with Crippen LogP contribution in [-0.4, -0.2) is 48.4 Å². The number of aliphatic imine (C=N–C) groups is 1. The summed E-state index contributed by atoms with van der Waals surface area (Å²) < 4.78 is 30.9. The lowest BCUT2D eigenvalue weighted by atomic mass is 9.96. The first-order valence-corrected chi connectivity index (χ1v) is 13.2. The van der Waals surface area contributed by atoms with E-state index >= 15 is 0 Å². The van der Waals surface area contributed by atoms with E-state index in [0.29, 0.717) is 12.0 Å². The molecule has 1 aliphatic heterocycles. The van der Waals surface area contributed by atoms with E-state index in [1.165, 1.54) is 0 Å². The molecule has 0 aromatic heterocycles. The molecule has 0 saturated carbocycles. The zero-order valence-electron chi connectivity index (χ0n) is 20.5. The molecule has 1 aliphatic rings. The number of ether oxygens (including phenoxy) is 1. The van der Waals surface area contributed by atoms with E-state index in [2.05, 4.69) is 10.1 Å². The number of carbonyl (C=O) groups excluding carboxylic acids is 2. The number of nitrogens with zero attached hydrogens (tertiary/aromatic N) is 1. The number of aliphatic hydroxyl groups excluding tert-OH is 1. The van der Waals surface area contributed by atoms with Gasteiger partial charge in [-0.25, -0.2) is 4.57 Å². The van der Waals surface area contributed by atoms with Crippen molar-refractivity contribution in [2.45, 2.75) is 39.3 Å². The molecule has 2 unspecified atom stereocenters. The Morgan fingerprint density at radius 1 is 1.17 bits per heavy atom. The molecule has 192 valence electrons. The van der Waals surface area contributed by atoms with Crippen LogP contribution in [0.4, 0.5) is 0 Å². The molecule has 0 saturated heterocycles. The van der Waals surface area contributed by atoms with Crippen LogP contribution in [0.2, 0.25) is 0 Å². The quantitative estimate of drug-likeness (QED) is 0.242. The summed E-state index contributed by atoms with van der Waals surface area (Å²) in [5, 5.41) is 13.0. The summed E-state index contributed by atoms with van der Waals surface area (Å²) >= 11 is 0. The second-order valence-electron chi connectivity index (χ2n) is 8.60. The van der Waals surface area contributed by atoms with E-state index in [0.717, 1.165) is 5.56 Å². The number of carbonyl (C=O) groups is 2. The molecule has 3 atom stereocenters. The van der Waals surface area contributed by atoms with Gasteiger partial charge in [0, 0.05) is 18.0 Å². The highest BCUT2D eigenvalue weighted by Crippen LogP contribution is 2.46. The smallest absolute Gasteiger partial charge is 0.459 e. The summed E-state index contributed by atoms with van der Waals surface area (Å²) in [7, 11) is -4.19. The van der Waals surface area contributed by atoms with Gasteiger partial charge in [-0.2, -0.15) is 5.09 Å². The summed E-state index contributed by atoms with van der Waals surface area (Å²) in [6, 6.07) is 16.6. The van der Waals surface area contributed by atoms with E-state index in [4.69, 9.17) is 13.8 Å². The van der Waals surface area contributed by atoms with Crippen LogP contribution in [0.15, 0.2) is 77.0 Å². The van der Waals surface area contributed by atoms with E-state index in [-0.39, 0.29) is 42.8 Å². The second-order valence-corrected chi connectivity index (χ2v) is 10.3. The zero-order chi connectivity index (χ0) is 26.1. The Morgan fingerprint density at radius 3 is 2.42 bits per heavy atom. The minimum absolute atomic E-state index is 0.105. The van der Waals surface area contributed by atoms with Crippen LogP contribution < -0.4 is 9.61 Å². The molecule has 0 fully saturated rings. The third-order valence-electron chi connectivity index (χ3n) is 5.38. The fraction of sp³-hybridized carbons (Fsp3) is 0.346. The number of aliphatic hydroxyl groups is 1. The molecule has 10 heteroatoms. The minimum Gasteiger partial charge on any atom is -0.506 e. The normalized spacial score (nSPS) is 18.2. The average molecular weight is 515 g/mol. The fourth-order valence-electron chi connectivity index (χ4n) is 3.55. The third kappa shape index (κ3) is 7.62. The average Bonchev–Trinajstić information content (AvgIpc) is 2.85. The standard InChI is InChI=1S/C26H31N2O7P/c1-18(2)34-26(31)24(14-20-10-6-4-7-11-20)28-36(32,35-22-12-8-5-9-13-22)33-17-21-15-27-19(3)25(30)23(21)16-29/h4-13,16,18,21,24,30H,14-15,17H2,1-3H3,(H,28,32)/t21?,24-,36?/m0/s1. The predicted octanol–water partition coefficient (Wildman–Crippen LogP) is 4.44. The Balaban J connectivity index is 1.87. The zero-order valence-corrected chi connectivity index (χ0v) is 21.4. The monoisotopic (exact) mass is 514 g/mol. The molecule has 0 radical (unpaired) electrons. The van der Waals surface area contributed by atoms with Crippen molar-refractivity contribution in [2.75, 3.05) is 13.2 Å². The SMILES string of the molecule is CC1=NCC(COP(=O)(N[C@@H](Cc2ccccc2)C(=O)OC(C)C)Oc2ccccc2)C(C=O)=C1O. The van der Waals surface area contributed by atoms with Crippen LogP contribution in [0.5, 0.6) is 5.75 Å². The van der Waals surface area contributed by atoms with E-state index in [1.807, 2.05) is 30.3 Å². The number of aldehydes is 1. The van der Waals surface area contributed by atoms with Gasteiger partial charge in [-0.3, -0.25) is 19.1 Å². The highest BCUT2D eigenvalue weighted by atomic mass is 31.2. The first kappa shape index (κ1) is 27.3. The van der Waals surface area contributed by atoms with Crippen molar-refractivity contribution in [3.8, 4) is 5.75 Å². The maximum Gasteiger partial charge on any atom is 0.459 e. The first-order chi connectivity index (χ1) is 17.2. The van der Waals surface area contributed by atoms with Crippen LogP contribution in [0.25, 0.3) is 0 Å². The van der Waals surface area contributed by atoms with Crippen LogP contribution in [0, 0.1) is 5.92 Å². The van der Waals surface area contributed by atoms with Crippen LogP contribution >= 0.6 is 7.75 Å². The summed E-state index contributed by atoms with van der Waals surface area (Å²) in [5.41, 5.74) is 1.26. The molecular weight excluding hydrogens is 483 g/mol. The van der Waals surface area contributed by atoms with Crippen molar-refractivity contribution in [2.24, 2.45) is 10.9 Å². The Bertz CT molecular complexity index is 1150. The molecule has 0 amide bonds. The topological polar surface area (TPSA) is 124 Å². The van der Waals surface area contributed by atoms with Gasteiger partial charge in [-0.05, 0) is 44.9 Å². The molecule has 36 heavy (non-hydrogen) atoms. The van der Waals surface area contributed by atoms with Gasteiger partial charge < -0.3 is 14.4 Å². The van der Waals surface area contributed by atoms with Gasteiger partial charge in [-0.1, -0.05) is 48.5 Å². The van der Waals surface area contributed by atoms with Gasteiger partial charge in [0.15, 0.2) is 0 Å². The number of allylic oxidation sites excluding steroid dienone is 1. The number of esters is 1. The number of dihydropyridines is 1. The number of rotatable bonds is 12. The molecule has 0 aliphatic carbocycles. The summed E-state index contributed by atoms with van der Waals surface area (Å²) in [5.74, 6) is -1.22. The highest BCUT2D eigenvalue weighted by Gasteiger charge is 2.36. The Kier molecular flexibility index (Phi) is 9.58. The van der Waals surface area contributed by atoms with Crippen molar-refractivity contribution in [3.63, 3.8) is 0 Å². The van der Waals surface area contributed by atoms with Gasteiger partial charge in [-0.15, -0.1) is 0 Å². The maximum atomic E-state index is 14.0. The Morgan fingerprint density at radius 2 is 1.81 bits per heavy atom. The summed E-state index contributed by atoms with van der Waals surface area (Å²) in [6.45, 7) is 4.95. The van der Waals surface area contributed by atoms with Gasteiger partial charge in [0.25, 0.3) is 0 Å². The van der Waals surface area contributed by atoms with E-state index in [9.17, 15) is 19.3 Å². The second kappa shape index (κ2) is 12.6. The Labute approximate surface area is 210 Å². The largest absolute Gasteiger partial charge is 0.506 e. The van der Waals surface area contributed by atoms with Crippen molar-refractivity contribution >= 4 is 25.7 Å². The molecule has 2 aromatic rings. The molecular formula is C26H31N2O7P. The van der Waals surface area contributed by atoms with Crippen molar-refractivity contribution < 1.29 is 33.0 Å². The molecule has 2 aromatic carbocycles. The number of nitrogens with one attached hydrogen (secondary N) is 1. The van der Waals surface area contributed by atoms with E-state index < -0.39 is 25.7 Å². The lowest BCUT2D eigenvalue weighted by Gasteiger charge is -2.27. The van der Waals surface area contributed by atoms with Crippen LogP contribution in [-0.2, 0) is 29.8 Å². The van der Waals surface area contributed by atoms with Gasteiger partial charge >= 0.3 is 13.7 Å².